The zero-order chi connectivity index (χ0) is 24.2. The van der Waals surface area contributed by atoms with E-state index in [2.05, 4.69) is 31.3 Å². The van der Waals surface area contributed by atoms with Crippen LogP contribution in [0.3, 0.4) is 0 Å². The topological polar surface area (TPSA) is 78.3 Å². The van der Waals surface area contributed by atoms with Crippen molar-refractivity contribution in [3.05, 3.63) is 112 Å². The van der Waals surface area contributed by atoms with Crippen LogP contribution >= 0.6 is 15.9 Å². The summed E-state index contributed by atoms with van der Waals surface area (Å²) in [5, 5.41) is 7.68. The Kier molecular flexibility index (Phi) is 6.63. The molecule has 0 radical (unpaired) electrons. The third-order valence-electron chi connectivity index (χ3n) is 5.67. The molecule has 0 fully saturated rings. The summed E-state index contributed by atoms with van der Waals surface area (Å²) in [7, 11) is 0. The minimum Gasteiger partial charge on any atom is -0.489 e. The van der Waals surface area contributed by atoms with Crippen molar-refractivity contribution >= 4 is 33.5 Å². The summed E-state index contributed by atoms with van der Waals surface area (Å²) in [6.45, 7) is 2.52. The first kappa shape index (κ1) is 22.9. The molecule has 1 aromatic heterocycles. The van der Waals surface area contributed by atoms with Crippen molar-refractivity contribution in [2.45, 2.75) is 19.6 Å². The van der Waals surface area contributed by atoms with Crippen molar-refractivity contribution in [2.75, 3.05) is 11.9 Å². The summed E-state index contributed by atoms with van der Waals surface area (Å²) < 4.78 is 14.2. The van der Waals surface area contributed by atoms with Crippen LogP contribution in [0.5, 0.6) is 5.75 Å². The van der Waals surface area contributed by atoms with Crippen LogP contribution in [0.1, 0.15) is 29.7 Å². The average Bonchev–Trinajstić information content (AvgIpc) is 3.37. The van der Waals surface area contributed by atoms with Crippen LogP contribution in [-0.4, -0.2) is 27.3 Å². The minimum absolute atomic E-state index is 0.268. The largest absolute Gasteiger partial charge is 0.489 e. The van der Waals surface area contributed by atoms with Gasteiger partial charge in [-0.3, -0.25) is 0 Å². The third-order valence-corrected chi connectivity index (χ3v) is 6.20. The summed E-state index contributed by atoms with van der Waals surface area (Å²) >= 11 is 3.45. The fraction of sp³-hybridized carbons (Fsp3) is 0.148. The highest BCUT2D eigenvalue weighted by molar-refractivity contribution is 9.10. The molecular weight excluding hydrogens is 508 g/mol. The van der Waals surface area contributed by atoms with E-state index in [1.807, 2.05) is 78.9 Å². The second kappa shape index (κ2) is 10.1. The number of hydrogen-bond acceptors (Lipinski definition) is 6. The maximum absolute atomic E-state index is 13.2. The standard InChI is InChI=1S/C27H23BrN4O3/c1-2-34-26(33)23-24(19-6-4-3-5-7-19)31-27-29-17-30-32(27)25(23)20-10-14-22(15-11-20)35-16-18-8-12-21(28)13-9-18/h3-15,17,25H,2,16H2,1H3,(H,29,30,31). The Balaban J connectivity index is 1.50. The number of anilines is 1. The molecule has 0 spiro atoms. The van der Waals surface area contributed by atoms with E-state index in [4.69, 9.17) is 9.47 Å². The van der Waals surface area contributed by atoms with E-state index in [0.29, 0.717) is 23.8 Å². The van der Waals surface area contributed by atoms with E-state index in [9.17, 15) is 4.79 Å². The molecule has 35 heavy (non-hydrogen) atoms. The molecule has 5 rings (SSSR count). The van der Waals surface area contributed by atoms with Gasteiger partial charge in [-0.15, -0.1) is 0 Å². The molecule has 176 valence electrons. The quantitative estimate of drug-likeness (QED) is 0.313. The number of esters is 1. The fourth-order valence-corrected chi connectivity index (χ4v) is 4.29. The van der Waals surface area contributed by atoms with Crippen molar-refractivity contribution in [1.29, 1.82) is 0 Å². The van der Waals surface area contributed by atoms with Gasteiger partial charge in [0, 0.05) is 4.47 Å². The molecule has 1 aliphatic heterocycles. The van der Waals surface area contributed by atoms with E-state index >= 15 is 0 Å². The summed E-state index contributed by atoms with van der Waals surface area (Å²) in [6, 6.07) is 24.9. The molecule has 1 N–H and O–H groups in total. The van der Waals surface area contributed by atoms with Gasteiger partial charge in [0.2, 0.25) is 5.95 Å². The number of aromatic nitrogens is 3. The number of hydrogen-bond donors (Lipinski definition) is 1. The Morgan fingerprint density at radius 2 is 1.77 bits per heavy atom. The first-order valence-electron chi connectivity index (χ1n) is 11.2. The van der Waals surface area contributed by atoms with Gasteiger partial charge in [0.1, 0.15) is 24.7 Å². The molecule has 3 aromatic carbocycles. The zero-order valence-corrected chi connectivity index (χ0v) is 20.6. The summed E-state index contributed by atoms with van der Waals surface area (Å²) in [6.07, 6.45) is 1.47. The summed E-state index contributed by atoms with van der Waals surface area (Å²) in [5.74, 6) is 0.882. The van der Waals surface area contributed by atoms with Gasteiger partial charge in [-0.2, -0.15) is 10.1 Å². The lowest BCUT2D eigenvalue weighted by molar-refractivity contribution is -0.138. The first-order valence-corrected chi connectivity index (χ1v) is 12.0. The number of nitrogens with zero attached hydrogens (tertiary/aromatic N) is 3. The molecule has 1 aliphatic rings. The van der Waals surface area contributed by atoms with Crippen molar-refractivity contribution in [3.63, 3.8) is 0 Å². The van der Waals surface area contributed by atoms with Crippen LogP contribution in [-0.2, 0) is 16.1 Å². The fourth-order valence-electron chi connectivity index (χ4n) is 4.02. The number of rotatable bonds is 7. The van der Waals surface area contributed by atoms with Crippen LogP contribution < -0.4 is 10.1 Å². The number of carbonyl (C=O) groups is 1. The number of halogens is 1. The Hall–Kier alpha value is -3.91. The highest BCUT2D eigenvalue weighted by Crippen LogP contribution is 2.39. The summed E-state index contributed by atoms with van der Waals surface area (Å²) in [5.41, 5.74) is 3.93. The Bertz CT molecular complexity index is 1350. The monoisotopic (exact) mass is 530 g/mol. The van der Waals surface area contributed by atoms with Crippen molar-refractivity contribution in [2.24, 2.45) is 0 Å². The molecule has 0 bridgehead atoms. The normalized spacial score (nSPS) is 14.7. The summed E-state index contributed by atoms with van der Waals surface area (Å²) in [4.78, 5) is 17.6. The number of fused-ring (bicyclic) bond motifs is 1. The minimum atomic E-state index is -0.511. The van der Waals surface area contributed by atoms with E-state index in [1.165, 1.54) is 6.33 Å². The van der Waals surface area contributed by atoms with Crippen LogP contribution in [0, 0.1) is 0 Å². The predicted molar refractivity (Wildman–Crippen MR) is 137 cm³/mol. The maximum Gasteiger partial charge on any atom is 0.338 e. The number of nitrogens with one attached hydrogen (secondary N) is 1. The Labute approximate surface area is 211 Å². The predicted octanol–water partition coefficient (Wildman–Crippen LogP) is 5.61. The van der Waals surface area contributed by atoms with Crippen molar-refractivity contribution < 1.29 is 14.3 Å². The van der Waals surface area contributed by atoms with E-state index in [1.54, 1.807) is 11.6 Å². The van der Waals surface area contributed by atoms with Gasteiger partial charge in [0.25, 0.3) is 0 Å². The molecule has 4 aromatic rings. The highest BCUT2D eigenvalue weighted by atomic mass is 79.9. The molecular formula is C27H23BrN4O3. The van der Waals surface area contributed by atoms with Crippen LogP contribution in [0.2, 0.25) is 0 Å². The smallest absolute Gasteiger partial charge is 0.338 e. The number of benzene rings is 3. The number of carbonyl (C=O) groups excluding carboxylic acids is 1. The second-order valence-electron chi connectivity index (χ2n) is 7.92. The number of ether oxygens (including phenoxy) is 2. The van der Waals surface area contributed by atoms with Gasteiger partial charge in [0.15, 0.2) is 0 Å². The van der Waals surface area contributed by atoms with E-state index in [0.717, 1.165) is 26.9 Å². The van der Waals surface area contributed by atoms with Gasteiger partial charge >= 0.3 is 5.97 Å². The molecule has 1 unspecified atom stereocenters. The lowest BCUT2D eigenvalue weighted by Crippen LogP contribution is -2.30. The van der Waals surface area contributed by atoms with Crippen LogP contribution in [0.15, 0.2) is 95.2 Å². The van der Waals surface area contributed by atoms with Gasteiger partial charge in [0.05, 0.1) is 17.9 Å². The third kappa shape index (κ3) is 4.83. The molecule has 7 nitrogen and oxygen atoms in total. The Morgan fingerprint density at radius 3 is 2.49 bits per heavy atom. The maximum atomic E-state index is 13.2. The molecule has 0 saturated carbocycles. The average molecular weight is 531 g/mol. The van der Waals surface area contributed by atoms with Crippen LogP contribution in [0.25, 0.3) is 5.70 Å². The van der Waals surface area contributed by atoms with Gasteiger partial charge in [-0.05, 0) is 47.9 Å². The second-order valence-corrected chi connectivity index (χ2v) is 8.83. The molecule has 0 aliphatic carbocycles. The lowest BCUT2D eigenvalue weighted by atomic mass is 9.93. The molecule has 8 heteroatoms. The Morgan fingerprint density at radius 1 is 1.03 bits per heavy atom. The first-order chi connectivity index (χ1) is 17.1. The molecule has 1 atom stereocenters. The van der Waals surface area contributed by atoms with E-state index in [-0.39, 0.29) is 6.61 Å². The highest BCUT2D eigenvalue weighted by Gasteiger charge is 2.36. The van der Waals surface area contributed by atoms with Crippen molar-refractivity contribution in [3.8, 4) is 5.75 Å². The zero-order valence-electron chi connectivity index (χ0n) is 19.0. The SMILES string of the molecule is CCOC(=O)C1=C(c2ccccc2)Nc2ncnn2C1c1ccc(OCc2ccc(Br)cc2)cc1. The van der Waals surface area contributed by atoms with Gasteiger partial charge in [-0.1, -0.05) is 70.5 Å². The van der Waals surface area contributed by atoms with Crippen LogP contribution in [0.4, 0.5) is 5.95 Å². The lowest BCUT2D eigenvalue weighted by Gasteiger charge is -2.29. The van der Waals surface area contributed by atoms with Gasteiger partial charge < -0.3 is 14.8 Å². The molecule has 0 amide bonds. The van der Waals surface area contributed by atoms with E-state index < -0.39 is 12.0 Å². The van der Waals surface area contributed by atoms with Gasteiger partial charge in [-0.25, -0.2) is 9.48 Å². The molecule has 2 heterocycles. The molecule has 0 saturated heterocycles. The van der Waals surface area contributed by atoms with Crippen molar-refractivity contribution in [1.82, 2.24) is 14.8 Å².